The van der Waals surface area contributed by atoms with Crippen LogP contribution in [0.5, 0.6) is 0 Å². The Labute approximate surface area is 185 Å². The van der Waals surface area contributed by atoms with Crippen molar-refractivity contribution in [1.82, 2.24) is 4.31 Å². The molecule has 1 fully saturated rings. The summed E-state index contributed by atoms with van der Waals surface area (Å²) in [6, 6.07) is 11.0. The first-order valence-electron chi connectivity index (χ1n) is 9.30. The summed E-state index contributed by atoms with van der Waals surface area (Å²) in [7, 11) is -3.87. The van der Waals surface area contributed by atoms with Crippen molar-refractivity contribution < 1.29 is 18.0 Å². The molecule has 10 heteroatoms. The fourth-order valence-electron chi connectivity index (χ4n) is 3.27. The van der Waals surface area contributed by atoms with Gasteiger partial charge >= 0.3 is 0 Å². The van der Waals surface area contributed by atoms with E-state index in [1.807, 2.05) is 0 Å². The van der Waals surface area contributed by atoms with Crippen molar-refractivity contribution in [3.05, 3.63) is 52.5 Å². The number of benzene rings is 2. The number of piperidine rings is 1. The van der Waals surface area contributed by atoms with Gasteiger partial charge in [-0.3, -0.25) is 9.59 Å². The molecule has 0 radical (unpaired) electrons. The molecule has 2 aromatic carbocycles. The lowest BCUT2D eigenvalue weighted by Crippen LogP contribution is -2.43. The minimum atomic E-state index is -3.87. The molecule has 2 amide bonds. The van der Waals surface area contributed by atoms with Crippen molar-refractivity contribution in [2.45, 2.75) is 24.7 Å². The minimum absolute atomic E-state index is 0.0565. The normalized spacial score (nSPS) is 17.4. The molecule has 1 atom stereocenters. The summed E-state index contributed by atoms with van der Waals surface area (Å²) < 4.78 is 27.3. The Hall–Kier alpha value is -2.13. The number of carbonyl (C=O) groups is 2. The van der Waals surface area contributed by atoms with Gasteiger partial charge < -0.3 is 10.6 Å². The monoisotopic (exact) mass is 469 g/mol. The second-order valence-corrected chi connectivity index (χ2v) is 9.77. The van der Waals surface area contributed by atoms with Crippen LogP contribution in [0.3, 0.4) is 0 Å². The van der Waals surface area contributed by atoms with E-state index in [-0.39, 0.29) is 33.3 Å². The number of nitrogens with one attached hydrogen (secondary N) is 2. The van der Waals surface area contributed by atoms with Crippen LogP contribution in [0.4, 0.5) is 11.4 Å². The van der Waals surface area contributed by atoms with Gasteiger partial charge in [0.1, 0.15) is 4.90 Å². The topological polar surface area (TPSA) is 95.6 Å². The predicted octanol–water partition coefficient (Wildman–Crippen LogP) is 3.99. The van der Waals surface area contributed by atoms with Crippen LogP contribution in [0.25, 0.3) is 0 Å². The zero-order valence-corrected chi connectivity index (χ0v) is 18.5. The molecular formula is C20H21Cl2N3O4S. The third-order valence-electron chi connectivity index (χ3n) is 4.74. The lowest BCUT2D eigenvalue weighted by atomic mass is 9.98. The average molecular weight is 470 g/mol. The fourth-order valence-corrected chi connectivity index (χ4v) is 5.53. The van der Waals surface area contributed by atoms with Gasteiger partial charge in [0.05, 0.1) is 10.9 Å². The van der Waals surface area contributed by atoms with Gasteiger partial charge in [0.25, 0.3) is 0 Å². The Kier molecular flexibility index (Phi) is 7.02. The highest BCUT2D eigenvalue weighted by Crippen LogP contribution is 2.30. The first-order chi connectivity index (χ1) is 14.2. The van der Waals surface area contributed by atoms with Crippen molar-refractivity contribution >= 4 is 56.4 Å². The summed E-state index contributed by atoms with van der Waals surface area (Å²) >= 11 is 12.0. The van der Waals surface area contributed by atoms with Gasteiger partial charge in [-0.25, -0.2) is 8.42 Å². The van der Waals surface area contributed by atoms with Crippen molar-refractivity contribution in [1.29, 1.82) is 0 Å². The highest BCUT2D eigenvalue weighted by Gasteiger charge is 2.34. The zero-order chi connectivity index (χ0) is 21.9. The van der Waals surface area contributed by atoms with Crippen LogP contribution in [0.2, 0.25) is 10.0 Å². The van der Waals surface area contributed by atoms with Crippen molar-refractivity contribution in [2.24, 2.45) is 5.92 Å². The molecule has 160 valence electrons. The van der Waals surface area contributed by atoms with E-state index in [2.05, 4.69) is 10.6 Å². The SMILES string of the molecule is CC(=O)Nc1ccc(NC(=O)[C@H]2CCCN(S(=O)(=O)c3cc(Cl)ccc3Cl)C2)cc1. The average Bonchev–Trinajstić information content (AvgIpc) is 2.71. The van der Waals surface area contributed by atoms with Gasteiger partial charge in [0.2, 0.25) is 21.8 Å². The summed E-state index contributed by atoms with van der Waals surface area (Å²) in [4.78, 5) is 23.7. The maximum absolute atomic E-state index is 13.0. The molecule has 1 aliphatic rings. The van der Waals surface area contributed by atoms with Crippen LogP contribution >= 0.6 is 23.2 Å². The van der Waals surface area contributed by atoms with E-state index in [4.69, 9.17) is 23.2 Å². The molecule has 0 spiro atoms. The molecule has 0 aromatic heterocycles. The predicted molar refractivity (Wildman–Crippen MR) is 117 cm³/mol. The van der Waals surface area contributed by atoms with Gasteiger partial charge in [0.15, 0.2) is 0 Å². The zero-order valence-electron chi connectivity index (χ0n) is 16.2. The number of rotatable bonds is 5. The number of halogens is 2. The largest absolute Gasteiger partial charge is 0.326 e. The maximum atomic E-state index is 13.0. The van der Waals surface area contributed by atoms with E-state index in [9.17, 15) is 18.0 Å². The maximum Gasteiger partial charge on any atom is 0.244 e. The molecule has 1 aliphatic heterocycles. The van der Waals surface area contributed by atoms with E-state index in [0.29, 0.717) is 30.8 Å². The molecule has 0 bridgehead atoms. The van der Waals surface area contributed by atoms with Crippen LogP contribution in [-0.2, 0) is 19.6 Å². The van der Waals surface area contributed by atoms with Gasteiger partial charge in [-0.1, -0.05) is 23.2 Å². The first-order valence-corrected chi connectivity index (χ1v) is 11.5. The number of carbonyl (C=O) groups excluding carboxylic acids is 2. The molecule has 2 aromatic rings. The van der Waals surface area contributed by atoms with E-state index in [1.54, 1.807) is 24.3 Å². The van der Waals surface area contributed by atoms with Crippen LogP contribution in [0.15, 0.2) is 47.4 Å². The minimum Gasteiger partial charge on any atom is -0.326 e. The summed E-state index contributed by atoms with van der Waals surface area (Å²) in [5.74, 6) is -0.948. The third-order valence-corrected chi connectivity index (χ3v) is 7.32. The number of amides is 2. The first kappa shape index (κ1) is 22.6. The highest BCUT2D eigenvalue weighted by molar-refractivity contribution is 7.89. The molecule has 1 heterocycles. The number of anilines is 2. The molecule has 0 aliphatic carbocycles. The highest BCUT2D eigenvalue weighted by atomic mass is 35.5. The second kappa shape index (κ2) is 9.34. The molecular weight excluding hydrogens is 449 g/mol. The molecule has 3 rings (SSSR count). The van der Waals surface area contributed by atoms with E-state index < -0.39 is 15.9 Å². The Morgan fingerprint density at radius 2 is 1.67 bits per heavy atom. The molecule has 0 unspecified atom stereocenters. The number of sulfonamides is 1. The van der Waals surface area contributed by atoms with Crippen LogP contribution in [0, 0.1) is 5.92 Å². The molecule has 0 saturated carbocycles. The molecule has 2 N–H and O–H groups in total. The van der Waals surface area contributed by atoms with Crippen LogP contribution < -0.4 is 10.6 Å². The second-order valence-electron chi connectivity index (χ2n) is 7.02. The standard InChI is InChI=1S/C20H21Cl2N3O4S/c1-13(26)23-16-5-7-17(8-6-16)24-20(27)14-3-2-10-25(12-14)30(28,29)19-11-15(21)4-9-18(19)22/h4-9,11,14H,2-3,10,12H2,1H3,(H,23,26)(H,24,27)/t14-/m0/s1. The number of hydrogen-bond donors (Lipinski definition) is 2. The molecule has 7 nitrogen and oxygen atoms in total. The summed E-state index contributed by atoms with van der Waals surface area (Å²) in [5, 5.41) is 5.81. The van der Waals surface area contributed by atoms with Gasteiger partial charge in [-0.2, -0.15) is 4.31 Å². The van der Waals surface area contributed by atoms with Crippen LogP contribution in [0.1, 0.15) is 19.8 Å². The summed E-state index contributed by atoms with van der Waals surface area (Å²) in [6.07, 6.45) is 1.13. The van der Waals surface area contributed by atoms with Gasteiger partial charge in [-0.05, 0) is 55.3 Å². The van der Waals surface area contributed by atoms with Gasteiger partial charge in [0, 0.05) is 36.4 Å². The molecule has 1 saturated heterocycles. The third kappa shape index (κ3) is 5.31. The Morgan fingerprint density at radius 3 is 2.30 bits per heavy atom. The van der Waals surface area contributed by atoms with Crippen molar-refractivity contribution in [2.75, 3.05) is 23.7 Å². The van der Waals surface area contributed by atoms with Crippen molar-refractivity contribution in [3.63, 3.8) is 0 Å². The lowest BCUT2D eigenvalue weighted by molar-refractivity contribution is -0.121. The Bertz CT molecular complexity index is 1060. The molecule has 30 heavy (non-hydrogen) atoms. The van der Waals surface area contributed by atoms with E-state index >= 15 is 0 Å². The van der Waals surface area contributed by atoms with E-state index in [0.717, 1.165) is 0 Å². The fraction of sp³-hybridized carbons (Fsp3) is 0.300. The Morgan fingerprint density at radius 1 is 1.03 bits per heavy atom. The number of nitrogens with zero attached hydrogens (tertiary/aromatic N) is 1. The quantitative estimate of drug-likeness (QED) is 0.691. The number of hydrogen-bond acceptors (Lipinski definition) is 4. The van der Waals surface area contributed by atoms with Crippen molar-refractivity contribution in [3.8, 4) is 0 Å². The summed E-state index contributed by atoms with van der Waals surface area (Å²) in [5.41, 5.74) is 1.18. The lowest BCUT2D eigenvalue weighted by Gasteiger charge is -2.31. The van der Waals surface area contributed by atoms with Crippen LogP contribution in [-0.4, -0.2) is 37.6 Å². The smallest absolute Gasteiger partial charge is 0.244 e. The summed E-state index contributed by atoms with van der Waals surface area (Å²) in [6.45, 7) is 1.77. The Balaban J connectivity index is 1.70. The van der Waals surface area contributed by atoms with Gasteiger partial charge in [-0.15, -0.1) is 0 Å². The van der Waals surface area contributed by atoms with E-state index in [1.165, 1.54) is 29.4 Å².